The lowest BCUT2D eigenvalue weighted by Gasteiger charge is -2.14. The van der Waals surface area contributed by atoms with Gasteiger partial charge in [-0.1, -0.05) is 58.8 Å². The molecule has 0 saturated carbocycles. The highest BCUT2D eigenvalue weighted by molar-refractivity contribution is 5.76. The average Bonchev–Trinajstić information content (AvgIpc) is 3.29. The van der Waals surface area contributed by atoms with Gasteiger partial charge >= 0.3 is 5.69 Å². The number of fused-ring (bicyclic) bond motifs is 1. The van der Waals surface area contributed by atoms with Crippen molar-refractivity contribution in [1.82, 2.24) is 14.1 Å². The molecule has 3 heterocycles. The summed E-state index contributed by atoms with van der Waals surface area (Å²) in [5.41, 5.74) is 1.58. The van der Waals surface area contributed by atoms with Crippen LogP contribution in [0, 0.1) is 0 Å². The Morgan fingerprint density at radius 3 is 2.45 bits per heavy atom. The molecule has 31 heavy (non-hydrogen) atoms. The van der Waals surface area contributed by atoms with Gasteiger partial charge in [-0.3, -0.25) is 4.57 Å². The number of hydrogen-bond acceptors (Lipinski definition) is 5. The van der Waals surface area contributed by atoms with Gasteiger partial charge in [-0.2, -0.15) is 4.98 Å². The van der Waals surface area contributed by atoms with Gasteiger partial charge in [0.25, 0.3) is 0 Å². The predicted molar refractivity (Wildman–Crippen MR) is 122 cm³/mol. The normalized spacial score (nSPS) is 21.4. The number of nitrogens with zero attached hydrogens (tertiary/aromatic N) is 3. The highest BCUT2D eigenvalue weighted by Crippen LogP contribution is 2.28. The van der Waals surface area contributed by atoms with Gasteiger partial charge in [0.1, 0.15) is 18.0 Å². The quantitative estimate of drug-likeness (QED) is 0.467. The van der Waals surface area contributed by atoms with Gasteiger partial charge in [0.15, 0.2) is 0 Å². The molecule has 7 nitrogen and oxygen atoms in total. The molecule has 2 aromatic rings. The summed E-state index contributed by atoms with van der Waals surface area (Å²) in [5.74, 6) is 0. The fourth-order valence-corrected chi connectivity index (χ4v) is 4.56. The largest absolute Gasteiger partial charge is 0.394 e. The Hall–Kier alpha value is -1.70. The third-order valence-corrected chi connectivity index (χ3v) is 6.31. The molecule has 2 N–H and O–H groups in total. The van der Waals surface area contributed by atoms with E-state index >= 15 is 0 Å². The molecule has 0 aliphatic carbocycles. The van der Waals surface area contributed by atoms with E-state index in [1.807, 2.05) is 0 Å². The number of ether oxygens (including phenoxy) is 1. The number of hydrogen-bond donors (Lipinski definition) is 2. The van der Waals surface area contributed by atoms with Crippen LogP contribution in [0.25, 0.3) is 11.0 Å². The Kier molecular flexibility index (Phi) is 9.11. The monoisotopic (exact) mass is 433 g/mol. The van der Waals surface area contributed by atoms with Crippen LogP contribution in [0.1, 0.15) is 90.0 Å². The van der Waals surface area contributed by atoms with E-state index in [2.05, 4.69) is 29.5 Å². The van der Waals surface area contributed by atoms with Crippen LogP contribution >= 0.6 is 0 Å². The van der Waals surface area contributed by atoms with E-state index in [0.717, 1.165) is 36.8 Å². The molecular weight excluding hydrogens is 394 g/mol. The molecule has 0 amide bonds. The van der Waals surface area contributed by atoms with Crippen LogP contribution in [-0.4, -0.2) is 43.1 Å². The average molecular weight is 434 g/mol. The Balaban J connectivity index is 1.69. The highest BCUT2D eigenvalue weighted by Gasteiger charge is 2.35. The van der Waals surface area contributed by atoms with E-state index in [4.69, 9.17) is 4.74 Å². The van der Waals surface area contributed by atoms with Crippen molar-refractivity contribution in [3.63, 3.8) is 0 Å². The van der Waals surface area contributed by atoms with Crippen LogP contribution in [0.5, 0.6) is 0 Å². The molecular formula is C24H39N3O4. The molecule has 1 aliphatic heterocycles. The second kappa shape index (κ2) is 11.8. The van der Waals surface area contributed by atoms with Crippen molar-refractivity contribution in [2.24, 2.45) is 0 Å². The van der Waals surface area contributed by atoms with E-state index < -0.39 is 18.4 Å². The van der Waals surface area contributed by atoms with E-state index in [0.29, 0.717) is 0 Å². The minimum atomic E-state index is -0.778. The summed E-state index contributed by atoms with van der Waals surface area (Å²) in [5, 5.41) is 20.3. The standard InChI is InChI=1S/C24H39N3O4/c1-3-5-6-7-8-9-10-11-12-19-14-18-16-27(22-15-20(29)21(17-28)31-22)24(30)25-23(18)26(19)13-4-2/h14,16,20-22,28-29H,3-13,15,17H2,1-2H3/t20-,21+,22+/m0/s1. The lowest BCUT2D eigenvalue weighted by molar-refractivity contribution is -0.0457. The number of rotatable bonds is 13. The van der Waals surface area contributed by atoms with Crippen molar-refractivity contribution in [2.75, 3.05) is 6.61 Å². The zero-order valence-electron chi connectivity index (χ0n) is 19.1. The summed E-state index contributed by atoms with van der Waals surface area (Å²) < 4.78 is 9.31. The number of aliphatic hydroxyl groups excluding tert-OH is 2. The number of aromatic nitrogens is 3. The van der Waals surface area contributed by atoms with Crippen molar-refractivity contribution in [1.29, 1.82) is 0 Å². The maximum Gasteiger partial charge on any atom is 0.351 e. The Morgan fingerprint density at radius 2 is 1.81 bits per heavy atom. The second-order valence-corrected chi connectivity index (χ2v) is 8.84. The highest BCUT2D eigenvalue weighted by atomic mass is 16.5. The molecule has 174 valence electrons. The third kappa shape index (κ3) is 5.96. The van der Waals surface area contributed by atoms with E-state index in [9.17, 15) is 15.0 Å². The Morgan fingerprint density at radius 1 is 1.10 bits per heavy atom. The zero-order chi connectivity index (χ0) is 22.2. The van der Waals surface area contributed by atoms with E-state index in [1.54, 1.807) is 6.20 Å². The van der Waals surface area contributed by atoms with Crippen molar-refractivity contribution in [3.8, 4) is 0 Å². The first-order chi connectivity index (χ1) is 15.1. The topological polar surface area (TPSA) is 89.5 Å². The first-order valence-electron chi connectivity index (χ1n) is 12.1. The van der Waals surface area contributed by atoms with Gasteiger partial charge in [0.05, 0.1) is 12.7 Å². The van der Waals surface area contributed by atoms with Crippen molar-refractivity contribution < 1.29 is 14.9 Å². The SMILES string of the molecule is CCCCCCCCCCc1cc2cn([C@H]3C[C@H](O)[C@@H](CO)O3)c(=O)nc2n1CCC. The maximum absolute atomic E-state index is 12.7. The fraction of sp³-hybridized carbons (Fsp3) is 0.750. The molecule has 0 spiro atoms. The minimum absolute atomic E-state index is 0.266. The molecule has 0 radical (unpaired) electrons. The van der Waals surface area contributed by atoms with E-state index in [1.165, 1.54) is 55.2 Å². The maximum atomic E-state index is 12.7. The molecule has 1 aliphatic rings. The smallest absolute Gasteiger partial charge is 0.351 e. The lowest BCUT2D eigenvalue weighted by atomic mass is 10.1. The molecule has 3 rings (SSSR count). The molecule has 0 unspecified atom stereocenters. The summed E-state index contributed by atoms with van der Waals surface area (Å²) in [6.07, 6.45) is 12.3. The minimum Gasteiger partial charge on any atom is -0.394 e. The molecule has 3 atom stereocenters. The van der Waals surface area contributed by atoms with Crippen LogP contribution < -0.4 is 5.69 Å². The predicted octanol–water partition coefficient (Wildman–Crippen LogP) is 3.93. The van der Waals surface area contributed by atoms with Gasteiger partial charge in [0.2, 0.25) is 0 Å². The first-order valence-corrected chi connectivity index (χ1v) is 12.1. The van der Waals surface area contributed by atoms with Crippen molar-refractivity contribution >= 4 is 11.0 Å². The Bertz CT molecular complexity index is 876. The third-order valence-electron chi connectivity index (χ3n) is 6.31. The van der Waals surface area contributed by atoms with Crippen LogP contribution in [0.4, 0.5) is 0 Å². The van der Waals surface area contributed by atoms with Gasteiger partial charge in [0, 0.05) is 30.2 Å². The molecule has 1 fully saturated rings. The summed E-state index contributed by atoms with van der Waals surface area (Å²) >= 11 is 0. The molecule has 0 aromatic carbocycles. The number of aryl methyl sites for hydroxylation is 2. The summed E-state index contributed by atoms with van der Waals surface area (Å²) in [6.45, 7) is 4.96. The number of unbranched alkanes of at least 4 members (excludes halogenated alkanes) is 7. The van der Waals surface area contributed by atoms with Gasteiger partial charge in [-0.05, 0) is 25.3 Å². The second-order valence-electron chi connectivity index (χ2n) is 8.84. The molecule has 1 saturated heterocycles. The lowest BCUT2D eigenvalue weighted by Crippen LogP contribution is -2.27. The summed E-state index contributed by atoms with van der Waals surface area (Å²) in [7, 11) is 0. The first kappa shape index (κ1) is 24.0. The molecule has 2 aromatic heterocycles. The molecule has 7 heteroatoms. The number of aliphatic hydroxyl groups is 2. The van der Waals surface area contributed by atoms with Crippen LogP contribution in [-0.2, 0) is 17.7 Å². The van der Waals surface area contributed by atoms with Crippen LogP contribution in [0.2, 0.25) is 0 Å². The van der Waals surface area contributed by atoms with Crippen LogP contribution in [0.15, 0.2) is 17.1 Å². The van der Waals surface area contributed by atoms with Crippen molar-refractivity contribution in [2.45, 2.75) is 109 Å². The van der Waals surface area contributed by atoms with E-state index in [-0.39, 0.29) is 18.7 Å². The Labute approximate surface area is 185 Å². The molecule has 0 bridgehead atoms. The summed E-state index contributed by atoms with van der Waals surface area (Å²) in [6, 6.07) is 2.14. The van der Waals surface area contributed by atoms with Gasteiger partial charge < -0.3 is 19.5 Å². The fourth-order valence-electron chi connectivity index (χ4n) is 4.56. The van der Waals surface area contributed by atoms with Crippen molar-refractivity contribution in [3.05, 3.63) is 28.4 Å². The summed E-state index contributed by atoms with van der Waals surface area (Å²) in [4.78, 5) is 17.1. The van der Waals surface area contributed by atoms with Gasteiger partial charge in [-0.15, -0.1) is 0 Å². The zero-order valence-corrected chi connectivity index (χ0v) is 19.1. The van der Waals surface area contributed by atoms with Gasteiger partial charge in [-0.25, -0.2) is 4.79 Å². The van der Waals surface area contributed by atoms with Crippen LogP contribution in [0.3, 0.4) is 0 Å².